The van der Waals surface area contributed by atoms with Crippen LogP contribution in [0, 0.1) is 0 Å². The fourth-order valence-corrected chi connectivity index (χ4v) is 1.40. The summed E-state index contributed by atoms with van der Waals surface area (Å²) in [6.45, 7) is 12.2. The molecule has 0 saturated heterocycles. The topological polar surface area (TPSA) is 35.6 Å². The van der Waals surface area contributed by atoms with Gasteiger partial charge in [-0.1, -0.05) is 0 Å². The molecule has 0 aromatic rings. The fraction of sp³-hybridized carbons (Fsp3) is 0.917. The van der Waals surface area contributed by atoms with Gasteiger partial charge in [-0.15, -0.1) is 0 Å². The molecule has 0 bridgehead atoms. The molecule has 1 amide bonds. The molecule has 0 aliphatic rings. The largest absolute Gasteiger partial charge is 0.342 e. The minimum absolute atomic E-state index is 0.192. The van der Waals surface area contributed by atoms with Crippen molar-refractivity contribution in [3.8, 4) is 0 Å². The van der Waals surface area contributed by atoms with Crippen LogP contribution in [0.3, 0.4) is 0 Å². The molecular weight excluding hydrogens is 202 g/mol. The Morgan fingerprint density at radius 1 is 1.25 bits per heavy atom. The molecule has 0 rings (SSSR count). The summed E-state index contributed by atoms with van der Waals surface area (Å²) in [5, 5.41) is 3.19. The molecule has 0 radical (unpaired) electrons. The van der Waals surface area contributed by atoms with Crippen LogP contribution in [0.1, 0.15) is 27.7 Å². The lowest BCUT2D eigenvalue weighted by atomic mass is 10.3. The van der Waals surface area contributed by atoms with Crippen molar-refractivity contribution in [1.82, 2.24) is 15.1 Å². The van der Waals surface area contributed by atoms with Gasteiger partial charge in [0.15, 0.2) is 0 Å². The number of nitrogens with one attached hydrogen (secondary N) is 1. The maximum absolute atomic E-state index is 11.6. The third-order valence-electron chi connectivity index (χ3n) is 2.92. The Labute approximate surface area is 100.0 Å². The molecule has 4 heteroatoms. The maximum atomic E-state index is 11.6. The molecule has 1 N–H and O–H groups in total. The Bertz CT molecular complexity index is 191. The molecule has 96 valence electrons. The zero-order valence-electron chi connectivity index (χ0n) is 11.4. The monoisotopic (exact) mass is 229 g/mol. The number of likely N-dealkylation sites (N-methyl/N-ethyl adjacent to an activating group) is 2. The van der Waals surface area contributed by atoms with Crippen LogP contribution >= 0.6 is 0 Å². The van der Waals surface area contributed by atoms with Gasteiger partial charge in [0.2, 0.25) is 5.91 Å². The van der Waals surface area contributed by atoms with Crippen LogP contribution < -0.4 is 5.32 Å². The zero-order valence-corrected chi connectivity index (χ0v) is 11.4. The minimum atomic E-state index is 0.192. The molecule has 0 heterocycles. The number of rotatable bonds is 8. The molecule has 0 aliphatic heterocycles. The van der Waals surface area contributed by atoms with Gasteiger partial charge in [0, 0.05) is 32.2 Å². The van der Waals surface area contributed by atoms with Crippen LogP contribution in [-0.4, -0.2) is 61.5 Å². The summed E-state index contributed by atoms with van der Waals surface area (Å²) in [7, 11) is 2.10. The van der Waals surface area contributed by atoms with Crippen molar-refractivity contribution < 1.29 is 4.79 Å². The van der Waals surface area contributed by atoms with E-state index in [1.807, 2.05) is 18.7 Å². The third kappa shape index (κ3) is 6.08. The highest BCUT2D eigenvalue weighted by Gasteiger charge is 2.08. The average Bonchev–Trinajstić information content (AvgIpc) is 2.25. The normalized spacial score (nSPS) is 11.2. The second kappa shape index (κ2) is 8.53. The highest BCUT2D eigenvalue weighted by Crippen LogP contribution is 1.91. The lowest BCUT2D eigenvalue weighted by Gasteiger charge is -2.22. The summed E-state index contributed by atoms with van der Waals surface area (Å²) in [5.74, 6) is 0.192. The summed E-state index contributed by atoms with van der Waals surface area (Å²) in [4.78, 5) is 15.7. The summed E-state index contributed by atoms with van der Waals surface area (Å²) in [6.07, 6.45) is 0. The van der Waals surface area contributed by atoms with Gasteiger partial charge in [0.05, 0.1) is 6.54 Å². The Balaban J connectivity index is 3.62. The number of hydrogen-bond acceptors (Lipinski definition) is 3. The van der Waals surface area contributed by atoms with Crippen molar-refractivity contribution >= 4 is 5.91 Å². The fourth-order valence-electron chi connectivity index (χ4n) is 1.40. The van der Waals surface area contributed by atoms with Crippen molar-refractivity contribution in [3.63, 3.8) is 0 Å². The second-order valence-corrected chi connectivity index (χ2v) is 4.32. The first-order valence-corrected chi connectivity index (χ1v) is 6.21. The zero-order chi connectivity index (χ0) is 12.6. The maximum Gasteiger partial charge on any atom is 0.236 e. The first-order valence-electron chi connectivity index (χ1n) is 6.21. The molecule has 4 nitrogen and oxygen atoms in total. The standard InChI is InChI=1S/C12H27N3O/c1-6-15(7-2)12(16)10-13-8-9-14(5)11(3)4/h11,13H,6-10H2,1-5H3. The minimum Gasteiger partial charge on any atom is -0.342 e. The number of nitrogens with zero attached hydrogens (tertiary/aromatic N) is 2. The third-order valence-corrected chi connectivity index (χ3v) is 2.92. The summed E-state index contributed by atoms with van der Waals surface area (Å²) in [5.41, 5.74) is 0. The first kappa shape index (κ1) is 15.4. The van der Waals surface area contributed by atoms with Crippen LogP contribution in [0.25, 0.3) is 0 Å². The Morgan fingerprint density at radius 2 is 1.81 bits per heavy atom. The van der Waals surface area contributed by atoms with Gasteiger partial charge in [-0.2, -0.15) is 0 Å². The molecule has 0 spiro atoms. The van der Waals surface area contributed by atoms with Gasteiger partial charge in [0.25, 0.3) is 0 Å². The Hall–Kier alpha value is -0.610. The Kier molecular flexibility index (Phi) is 8.21. The first-order chi connectivity index (χ1) is 7.52. The van der Waals surface area contributed by atoms with Crippen molar-refractivity contribution in [2.75, 3.05) is 39.8 Å². The Morgan fingerprint density at radius 3 is 2.25 bits per heavy atom. The quantitative estimate of drug-likeness (QED) is 0.625. The van der Waals surface area contributed by atoms with E-state index in [9.17, 15) is 4.79 Å². The van der Waals surface area contributed by atoms with E-state index in [1.54, 1.807) is 0 Å². The lowest BCUT2D eigenvalue weighted by molar-refractivity contribution is -0.129. The predicted octanol–water partition coefficient (Wildman–Crippen LogP) is 0.785. The van der Waals surface area contributed by atoms with Crippen LogP contribution in [0.4, 0.5) is 0 Å². The lowest BCUT2D eigenvalue weighted by Crippen LogP contribution is -2.40. The van der Waals surface area contributed by atoms with Gasteiger partial charge in [-0.25, -0.2) is 0 Å². The van der Waals surface area contributed by atoms with Crippen molar-refractivity contribution in [2.24, 2.45) is 0 Å². The van der Waals surface area contributed by atoms with Crippen molar-refractivity contribution in [2.45, 2.75) is 33.7 Å². The number of carbonyl (C=O) groups excluding carboxylic acids is 1. The van der Waals surface area contributed by atoms with Crippen LogP contribution in [0.15, 0.2) is 0 Å². The molecule has 0 aliphatic carbocycles. The van der Waals surface area contributed by atoms with E-state index >= 15 is 0 Å². The van der Waals surface area contributed by atoms with Crippen LogP contribution in [0.5, 0.6) is 0 Å². The van der Waals surface area contributed by atoms with E-state index in [0.29, 0.717) is 12.6 Å². The molecule has 0 aromatic carbocycles. The number of carbonyl (C=O) groups is 1. The highest BCUT2D eigenvalue weighted by molar-refractivity contribution is 5.78. The van der Waals surface area contributed by atoms with E-state index in [2.05, 4.69) is 31.1 Å². The van der Waals surface area contributed by atoms with E-state index in [-0.39, 0.29) is 5.91 Å². The van der Waals surface area contributed by atoms with Gasteiger partial charge >= 0.3 is 0 Å². The van der Waals surface area contributed by atoms with E-state index < -0.39 is 0 Å². The molecule has 0 atom stereocenters. The molecular formula is C12H27N3O. The number of hydrogen-bond donors (Lipinski definition) is 1. The molecule has 0 fully saturated rings. The average molecular weight is 229 g/mol. The molecule has 16 heavy (non-hydrogen) atoms. The van der Waals surface area contributed by atoms with Crippen molar-refractivity contribution in [3.05, 3.63) is 0 Å². The van der Waals surface area contributed by atoms with Gasteiger partial charge in [-0.3, -0.25) is 4.79 Å². The second-order valence-electron chi connectivity index (χ2n) is 4.32. The van der Waals surface area contributed by atoms with Gasteiger partial charge in [-0.05, 0) is 34.7 Å². The van der Waals surface area contributed by atoms with Crippen molar-refractivity contribution in [1.29, 1.82) is 0 Å². The summed E-state index contributed by atoms with van der Waals surface area (Å²) < 4.78 is 0. The van der Waals surface area contributed by atoms with Crippen LogP contribution in [0.2, 0.25) is 0 Å². The van der Waals surface area contributed by atoms with Crippen LogP contribution in [-0.2, 0) is 4.79 Å². The smallest absolute Gasteiger partial charge is 0.236 e. The predicted molar refractivity (Wildman–Crippen MR) is 68.6 cm³/mol. The van der Waals surface area contributed by atoms with E-state index in [1.165, 1.54) is 0 Å². The summed E-state index contributed by atoms with van der Waals surface area (Å²) in [6, 6.07) is 0.556. The van der Waals surface area contributed by atoms with Gasteiger partial charge in [0.1, 0.15) is 0 Å². The summed E-state index contributed by atoms with van der Waals surface area (Å²) >= 11 is 0. The van der Waals surface area contributed by atoms with E-state index in [0.717, 1.165) is 26.2 Å². The van der Waals surface area contributed by atoms with Gasteiger partial charge < -0.3 is 15.1 Å². The molecule has 0 saturated carbocycles. The SMILES string of the molecule is CCN(CC)C(=O)CNCCN(C)C(C)C. The van der Waals surface area contributed by atoms with E-state index in [4.69, 9.17) is 0 Å². The number of amides is 1. The molecule has 0 unspecified atom stereocenters. The highest BCUT2D eigenvalue weighted by atomic mass is 16.2. The molecule has 0 aromatic heterocycles.